The van der Waals surface area contributed by atoms with Gasteiger partial charge in [-0.3, -0.25) is 14.4 Å². The van der Waals surface area contributed by atoms with E-state index in [2.05, 4.69) is 5.32 Å². The van der Waals surface area contributed by atoms with Crippen LogP contribution in [0.1, 0.15) is 41.0 Å². The molecule has 0 spiro atoms. The molecule has 0 aromatic carbocycles. The smallest absolute Gasteiger partial charge is 0.311 e. The lowest BCUT2D eigenvalue weighted by Crippen LogP contribution is -2.51. The van der Waals surface area contributed by atoms with Crippen molar-refractivity contribution in [1.82, 2.24) is 10.2 Å². The molecular weight excluding hydrogens is 272 g/mol. The summed E-state index contributed by atoms with van der Waals surface area (Å²) in [5.41, 5.74) is -0.882. The van der Waals surface area contributed by atoms with Crippen LogP contribution in [0.3, 0.4) is 0 Å². The number of hydrogen-bond donors (Lipinski definition) is 2. The quantitative estimate of drug-likeness (QED) is 0.796. The molecule has 1 rings (SSSR count). The van der Waals surface area contributed by atoms with E-state index in [0.717, 1.165) is 0 Å². The van der Waals surface area contributed by atoms with Crippen molar-refractivity contribution in [3.63, 3.8) is 0 Å². The van der Waals surface area contributed by atoms with E-state index < -0.39 is 17.4 Å². The van der Waals surface area contributed by atoms with Crippen molar-refractivity contribution < 1.29 is 19.5 Å². The number of amides is 2. The van der Waals surface area contributed by atoms with Gasteiger partial charge < -0.3 is 15.3 Å². The second kappa shape index (κ2) is 6.45. The van der Waals surface area contributed by atoms with Crippen molar-refractivity contribution in [2.24, 2.45) is 17.3 Å². The average Bonchev–Trinajstić information content (AvgIpc) is 2.80. The third-order valence-corrected chi connectivity index (χ3v) is 4.44. The zero-order valence-electron chi connectivity index (χ0n) is 13.5. The number of carboxylic acids is 1. The molecule has 0 saturated carbocycles. The van der Waals surface area contributed by atoms with E-state index in [-0.39, 0.29) is 30.2 Å². The molecule has 1 saturated heterocycles. The zero-order chi connectivity index (χ0) is 16.4. The van der Waals surface area contributed by atoms with Crippen LogP contribution in [-0.4, -0.2) is 46.9 Å². The van der Waals surface area contributed by atoms with Gasteiger partial charge in [-0.25, -0.2) is 0 Å². The third kappa shape index (κ3) is 3.54. The predicted molar refractivity (Wildman–Crippen MR) is 78.5 cm³/mol. The predicted octanol–water partition coefficient (Wildman–Crippen LogP) is 1.11. The van der Waals surface area contributed by atoms with E-state index >= 15 is 0 Å². The van der Waals surface area contributed by atoms with Gasteiger partial charge in [0.05, 0.1) is 5.41 Å². The van der Waals surface area contributed by atoms with E-state index in [9.17, 15) is 19.5 Å². The molecule has 2 N–H and O–H groups in total. The molecule has 2 unspecified atom stereocenters. The number of rotatable bonds is 5. The molecular formula is C15H26N2O4. The first-order valence-electron chi connectivity index (χ1n) is 7.41. The second-order valence-corrected chi connectivity index (χ2v) is 6.55. The molecule has 6 heteroatoms. The van der Waals surface area contributed by atoms with Crippen LogP contribution in [0.4, 0.5) is 0 Å². The highest BCUT2D eigenvalue weighted by Gasteiger charge is 2.49. The van der Waals surface area contributed by atoms with Crippen molar-refractivity contribution in [1.29, 1.82) is 0 Å². The van der Waals surface area contributed by atoms with Crippen molar-refractivity contribution in [3.8, 4) is 0 Å². The fourth-order valence-corrected chi connectivity index (χ4v) is 2.84. The minimum absolute atomic E-state index is 0.0414. The van der Waals surface area contributed by atoms with Gasteiger partial charge in [0.1, 0.15) is 6.04 Å². The lowest BCUT2D eigenvalue weighted by molar-refractivity contribution is -0.151. The second-order valence-electron chi connectivity index (χ2n) is 6.55. The maximum absolute atomic E-state index is 12.6. The van der Waals surface area contributed by atoms with Crippen LogP contribution >= 0.6 is 0 Å². The number of likely N-dealkylation sites (tertiary alicyclic amines) is 1. The van der Waals surface area contributed by atoms with Crippen molar-refractivity contribution in [2.45, 2.75) is 47.1 Å². The topological polar surface area (TPSA) is 86.7 Å². The number of carbonyl (C=O) groups excluding carboxylic acids is 2. The summed E-state index contributed by atoms with van der Waals surface area (Å²) in [5, 5.41) is 12.2. The van der Waals surface area contributed by atoms with Gasteiger partial charge in [-0.1, -0.05) is 27.7 Å². The molecule has 1 aliphatic heterocycles. The van der Waals surface area contributed by atoms with Crippen LogP contribution in [0.15, 0.2) is 0 Å². The van der Waals surface area contributed by atoms with Crippen LogP contribution in [0.25, 0.3) is 0 Å². The molecule has 1 aliphatic rings. The summed E-state index contributed by atoms with van der Waals surface area (Å²) >= 11 is 0. The number of carbonyl (C=O) groups is 3. The lowest BCUT2D eigenvalue weighted by Gasteiger charge is -2.30. The van der Waals surface area contributed by atoms with Crippen molar-refractivity contribution >= 4 is 17.8 Å². The number of carboxylic acid groups (broad SMARTS) is 1. The third-order valence-electron chi connectivity index (χ3n) is 4.44. The molecule has 0 aliphatic carbocycles. The Morgan fingerprint density at radius 3 is 2.10 bits per heavy atom. The van der Waals surface area contributed by atoms with Gasteiger partial charge in [0.25, 0.3) is 0 Å². The standard InChI is InChI=1S/C15H26N2O4/c1-9(2)12(16-11(5)18)13(19)17-7-6-15(8-17,10(3)4)14(20)21/h9-10,12H,6-8H2,1-5H3,(H,16,18)(H,20,21). The summed E-state index contributed by atoms with van der Waals surface area (Å²) in [6.07, 6.45) is 0.455. The highest BCUT2D eigenvalue weighted by molar-refractivity contribution is 5.88. The van der Waals surface area contributed by atoms with Gasteiger partial charge in [0, 0.05) is 20.0 Å². The number of aliphatic carboxylic acids is 1. The minimum Gasteiger partial charge on any atom is -0.481 e. The van der Waals surface area contributed by atoms with Crippen LogP contribution < -0.4 is 5.32 Å². The highest BCUT2D eigenvalue weighted by Crippen LogP contribution is 2.38. The van der Waals surface area contributed by atoms with Crippen molar-refractivity contribution in [2.75, 3.05) is 13.1 Å². The van der Waals surface area contributed by atoms with E-state index in [1.54, 1.807) is 4.90 Å². The molecule has 2 amide bonds. The Bertz CT molecular complexity index is 433. The number of nitrogens with one attached hydrogen (secondary N) is 1. The molecule has 2 atom stereocenters. The highest BCUT2D eigenvalue weighted by atomic mass is 16.4. The Morgan fingerprint density at radius 2 is 1.76 bits per heavy atom. The van der Waals surface area contributed by atoms with Crippen molar-refractivity contribution in [3.05, 3.63) is 0 Å². The summed E-state index contributed by atoms with van der Waals surface area (Å²) < 4.78 is 0. The first-order valence-corrected chi connectivity index (χ1v) is 7.41. The molecule has 0 aromatic rings. The maximum Gasteiger partial charge on any atom is 0.311 e. The fourth-order valence-electron chi connectivity index (χ4n) is 2.84. The normalized spacial score (nSPS) is 23.5. The Labute approximate surface area is 125 Å². The SMILES string of the molecule is CC(=O)NC(C(=O)N1CCC(C(=O)O)(C(C)C)C1)C(C)C. The van der Waals surface area contributed by atoms with Gasteiger partial charge in [-0.15, -0.1) is 0 Å². The van der Waals surface area contributed by atoms with Gasteiger partial charge in [-0.05, 0) is 18.3 Å². The van der Waals surface area contributed by atoms with Gasteiger partial charge in [-0.2, -0.15) is 0 Å². The molecule has 1 heterocycles. The van der Waals surface area contributed by atoms with E-state index in [1.807, 2.05) is 27.7 Å². The Morgan fingerprint density at radius 1 is 1.19 bits per heavy atom. The molecule has 21 heavy (non-hydrogen) atoms. The molecule has 1 fully saturated rings. The van der Waals surface area contributed by atoms with Crippen LogP contribution in [0.5, 0.6) is 0 Å². The van der Waals surface area contributed by atoms with E-state index in [0.29, 0.717) is 13.0 Å². The fraction of sp³-hybridized carbons (Fsp3) is 0.800. The molecule has 0 radical (unpaired) electrons. The number of hydrogen-bond acceptors (Lipinski definition) is 3. The first kappa shape index (κ1) is 17.5. The van der Waals surface area contributed by atoms with Crippen LogP contribution in [0.2, 0.25) is 0 Å². The maximum atomic E-state index is 12.6. The van der Waals surface area contributed by atoms with Gasteiger partial charge >= 0.3 is 5.97 Å². The van der Waals surface area contributed by atoms with E-state index in [1.165, 1.54) is 6.92 Å². The Kier molecular flexibility index (Phi) is 5.36. The van der Waals surface area contributed by atoms with Gasteiger partial charge in [0.2, 0.25) is 11.8 Å². The Balaban J connectivity index is 2.90. The first-order chi connectivity index (χ1) is 9.61. The summed E-state index contributed by atoms with van der Waals surface area (Å²) in [5.74, 6) is -1.39. The molecule has 120 valence electrons. The van der Waals surface area contributed by atoms with Gasteiger partial charge in [0.15, 0.2) is 0 Å². The summed E-state index contributed by atoms with van der Waals surface area (Å²) in [7, 11) is 0. The average molecular weight is 298 g/mol. The van der Waals surface area contributed by atoms with Crippen LogP contribution in [-0.2, 0) is 14.4 Å². The monoisotopic (exact) mass is 298 g/mol. The lowest BCUT2D eigenvalue weighted by atomic mass is 9.76. The molecule has 6 nitrogen and oxygen atoms in total. The minimum atomic E-state index is -0.882. The Hall–Kier alpha value is -1.59. The van der Waals surface area contributed by atoms with Crippen LogP contribution in [0, 0.1) is 17.3 Å². The summed E-state index contributed by atoms with van der Waals surface area (Å²) in [6, 6.07) is -0.598. The molecule has 0 aromatic heterocycles. The number of nitrogens with zero attached hydrogens (tertiary/aromatic N) is 1. The summed E-state index contributed by atoms with van der Waals surface area (Å²) in [6.45, 7) is 9.48. The summed E-state index contributed by atoms with van der Waals surface area (Å²) in [4.78, 5) is 37.0. The molecule has 0 bridgehead atoms. The van der Waals surface area contributed by atoms with E-state index in [4.69, 9.17) is 0 Å². The zero-order valence-corrected chi connectivity index (χ0v) is 13.5. The largest absolute Gasteiger partial charge is 0.481 e.